The minimum Gasteiger partial charge on any atom is -0.316 e. The molecule has 1 heteroatoms. The van der Waals surface area contributed by atoms with E-state index in [-0.39, 0.29) is 0 Å². The molecular formula is C16H25N. The molecule has 1 nitrogen and oxygen atoms in total. The van der Waals surface area contributed by atoms with E-state index in [1.54, 1.807) is 5.56 Å². The Hall–Kier alpha value is -0.820. The summed E-state index contributed by atoms with van der Waals surface area (Å²) in [4.78, 5) is 0. The van der Waals surface area contributed by atoms with Crippen LogP contribution < -0.4 is 5.32 Å². The Morgan fingerprint density at radius 1 is 1.29 bits per heavy atom. The van der Waals surface area contributed by atoms with Crippen LogP contribution in [0.15, 0.2) is 30.3 Å². The van der Waals surface area contributed by atoms with Gasteiger partial charge in [-0.25, -0.2) is 0 Å². The van der Waals surface area contributed by atoms with Gasteiger partial charge in [-0.1, -0.05) is 51.1 Å². The molecule has 1 aromatic rings. The molecule has 0 spiro atoms. The summed E-state index contributed by atoms with van der Waals surface area (Å²) in [5, 5.41) is 3.58. The molecular weight excluding hydrogens is 206 g/mol. The Morgan fingerprint density at radius 3 is 2.59 bits per heavy atom. The van der Waals surface area contributed by atoms with Crippen LogP contribution in [0, 0.1) is 11.8 Å². The first kappa shape index (κ1) is 12.6. The Labute approximate surface area is 106 Å². The third kappa shape index (κ3) is 2.40. The van der Waals surface area contributed by atoms with E-state index in [1.807, 2.05) is 0 Å². The summed E-state index contributed by atoms with van der Waals surface area (Å²) in [6.45, 7) is 9.30. The summed E-state index contributed by atoms with van der Waals surface area (Å²) < 4.78 is 0. The minimum atomic E-state index is 0.446. The third-order valence-electron chi connectivity index (χ3n) is 4.31. The molecule has 2 atom stereocenters. The van der Waals surface area contributed by atoms with Gasteiger partial charge in [-0.3, -0.25) is 0 Å². The highest BCUT2D eigenvalue weighted by Crippen LogP contribution is 2.58. The Morgan fingerprint density at radius 2 is 2.00 bits per heavy atom. The van der Waals surface area contributed by atoms with Gasteiger partial charge in [0.1, 0.15) is 0 Å². The summed E-state index contributed by atoms with van der Waals surface area (Å²) in [6.07, 6.45) is 2.58. The second-order valence-electron chi connectivity index (χ2n) is 5.67. The molecule has 0 aliphatic heterocycles. The number of hydrogen-bond donors (Lipinski definition) is 1. The lowest BCUT2D eigenvalue weighted by molar-refractivity contribution is 0.428. The Balaban J connectivity index is 2.05. The van der Waals surface area contributed by atoms with Crippen molar-refractivity contribution in [3.8, 4) is 0 Å². The first-order valence-electron chi connectivity index (χ1n) is 6.98. The zero-order chi connectivity index (χ0) is 12.3. The van der Waals surface area contributed by atoms with E-state index in [0.717, 1.165) is 18.4 Å². The number of nitrogens with one attached hydrogen (secondary N) is 1. The van der Waals surface area contributed by atoms with Crippen LogP contribution in [0.2, 0.25) is 0 Å². The van der Waals surface area contributed by atoms with Crippen LogP contribution in [0.3, 0.4) is 0 Å². The molecule has 2 unspecified atom stereocenters. The highest BCUT2D eigenvalue weighted by Gasteiger charge is 2.56. The summed E-state index contributed by atoms with van der Waals surface area (Å²) in [6, 6.07) is 11.1. The molecule has 0 saturated heterocycles. The molecule has 1 aliphatic rings. The van der Waals surface area contributed by atoms with Crippen molar-refractivity contribution in [2.45, 2.75) is 39.0 Å². The van der Waals surface area contributed by atoms with Gasteiger partial charge in [0, 0.05) is 5.41 Å². The molecule has 2 rings (SSSR count). The summed E-state index contributed by atoms with van der Waals surface area (Å²) in [5.74, 6) is 1.56. The highest BCUT2D eigenvalue weighted by atomic mass is 14.9. The first-order chi connectivity index (χ1) is 8.21. The van der Waals surface area contributed by atoms with Crippen LogP contribution in [-0.4, -0.2) is 13.1 Å². The zero-order valence-electron chi connectivity index (χ0n) is 11.4. The Kier molecular flexibility index (Phi) is 3.88. The van der Waals surface area contributed by atoms with Gasteiger partial charge in [0.15, 0.2) is 0 Å². The minimum absolute atomic E-state index is 0.446. The SMILES string of the molecule is CCCNCC1CC1(c1ccccc1)C(C)C. The maximum absolute atomic E-state index is 3.58. The predicted molar refractivity (Wildman–Crippen MR) is 74.2 cm³/mol. The van der Waals surface area contributed by atoms with Crippen LogP contribution in [-0.2, 0) is 5.41 Å². The lowest BCUT2D eigenvalue weighted by Crippen LogP contribution is -2.25. The fourth-order valence-corrected chi connectivity index (χ4v) is 3.20. The number of hydrogen-bond acceptors (Lipinski definition) is 1. The fourth-order valence-electron chi connectivity index (χ4n) is 3.20. The lowest BCUT2D eigenvalue weighted by atomic mass is 9.83. The van der Waals surface area contributed by atoms with Crippen molar-refractivity contribution in [2.24, 2.45) is 11.8 Å². The standard InChI is InChI=1S/C16H25N/c1-4-10-17-12-15-11-16(15,13(2)3)14-8-6-5-7-9-14/h5-9,13,15,17H,4,10-12H2,1-3H3. The van der Waals surface area contributed by atoms with Crippen molar-refractivity contribution in [3.05, 3.63) is 35.9 Å². The summed E-state index contributed by atoms with van der Waals surface area (Å²) >= 11 is 0. The quantitative estimate of drug-likeness (QED) is 0.738. The van der Waals surface area contributed by atoms with Crippen molar-refractivity contribution in [1.29, 1.82) is 0 Å². The lowest BCUT2D eigenvalue weighted by Gasteiger charge is -2.23. The fraction of sp³-hybridized carbons (Fsp3) is 0.625. The van der Waals surface area contributed by atoms with Gasteiger partial charge in [-0.15, -0.1) is 0 Å². The van der Waals surface area contributed by atoms with Crippen LogP contribution in [0.1, 0.15) is 39.2 Å². The van der Waals surface area contributed by atoms with E-state index < -0.39 is 0 Å². The van der Waals surface area contributed by atoms with Gasteiger partial charge in [0.2, 0.25) is 0 Å². The van der Waals surface area contributed by atoms with Gasteiger partial charge in [-0.05, 0) is 43.3 Å². The Bertz CT molecular complexity index is 344. The van der Waals surface area contributed by atoms with Gasteiger partial charge in [0.25, 0.3) is 0 Å². The molecule has 0 amide bonds. The van der Waals surface area contributed by atoms with Crippen LogP contribution in [0.4, 0.5) is 0 Å². The monoisotopic (exact) mass is 231 g/mol. The molecule has 0 aromatic heterocycles. The third-order valence-corrected chi connectivity index (χ3v) is 4.31. The second-order valence-corrected chi connectivity index (χ2v) is 5.67. The van der Waals surface area contributed by atoms with Crippen molar-refractivity contribution in [3.63, 3.8) is 0 Å². The van der Waals surface area contributed by atoms with Gasteiger partial charge in [0.05, 0.1) is 0 Å². The largest absolute Gasteiger partial charge is 0.316 e. The molecule has 1 saturated carbocycles. The maximum atomic E-state index is 3.58. The number of benzene rings is 1. The summed E-state index contributed by atoms with van der Waals surface area (Å²) in [7, 11) is 0. The van der Waals surface area contributed by atoms with Gasteiger partial charge >= 0.3 is 0 Å². The van der Waals surface area contributed by atoms with Crippen LogP contribution in [0.5, 0.6) is 0 Å². The first-order valence-corrected chi connectivity index (χ1v) is 6.98. The van der Waals surface area contributed by atoms with E-state index in [0.29, 0.717) is 5.41 Å². The highest BCUT2D eigenvalue weighted by molar-refractivity contribution is 5.34. The molecule has 0 bridgehead atoms. The second kappa shape index (κ2) is 5.22. The molecule has 1 aliphatic carbocycles. The van der Waals surface area contributed by atoms with Crippen LogP contribution >= 0.6 is 0 Å². The van der Waals surface area contributed by atoms with Gasteiger partial charge in [-0.2, -0.15) is 0 Å². The molecule has 0 radical (unpaired) electrons. The number of rotatable bonds is 6. The predicted octanol–water partition coefficient (Wildman–Crippen LogP) is 3.60. The average Bonchev–Trinajstić information content (AvgIpc) is 3.06. The molecule has 17 heavy (non-hydrogen) atoms. The van der Waals surface area contributed by atoms with Crippen LogP contribution in [0.25, 0.3) is 0 Å². The van der Waals surface area contributed by atoms with E-state index in [2.05, 4.69) is 56.4 Å². The molecule has 1 N–H and O–H groups in total. The van der Waals surface area contributed by atoms with E-state index in [1.165, 1.54) is 19.4 Å². The zero-order valence-corrected chi connectivity index (χ0v) is 11.4. The van der Waals surface area contributed by atoms with E-state index >= 15 is 0 Å². The van der Waals surface area contributed by atoms with Crippen molar-refractivity contribution in [1.82, 2.24) is 5.32 Å². The maximum Gasteiger partial charge on any atom is 0.00200 e. The van der Waals surface area contributed by atoms with E-state index in [9.17, 15) is 0 Å². The topological polar surface area (TPSA) is 12.0 Å². The average molecular weight is 231 g/mol. The molecule has 0 heterocycles. The normalized spacial score (nSPS) is 27.4. The smallest absolute Gasteiger partial charge is 0.00200 e. The van der Waals surface area contributed by atoms with Crippen molar-refractivity contribution >= 4 is 0 Å². The van der Waals surface area contributed by atoms with Gasteiger partial charge < -0.3 is 5.32 Å². The van der Waals surface area contributed by atoms with Crippen molar-refractivity contribution in [2.75, 3.05) is 13.1 Å². The summed E-state index contributed by atoms with van der Waals surface area (Å²) in [5.41, 5.74) is 1.99. The van der Waals surface area contributed by atoms with E-state index in [4.69, 9.17) is 0 Å². The van der Waals surface area contributed by atoms with Crippen molar-refractivity contribution < 1.29 is 0 Å². The molecule has 1 fully saturated rings. The molecule has 1 aromatic carbocycles. The molecule has 94 valence electrons.